The predicted octanol–water partition coefficient (Wildman–Crippen LogP) is 2.88. The first kappa shape index (κ1) is 17.3. The molecule has 0 spiro atoms. The van der Waals surface area contributed by atoms with Gasteiger partial charge in [0.1, 0.15) is 0 Å². The van der Waals surface area contributed by atoms with Crippen LogP contribution >= 0.6 is 0 Å². The molecule has 0 saturated carbocycles. The number of esters is 1. The zero-order valence-corrected chi connectivity index (χ0v) is 15.1. The fourth-order valence-corrected chi connectivity index (χ4v) is 3.78. The molecule has 2 amide bonds. The average molecular weight is 364 g/mol. The minimum absolute atomic E-state index is 0.0381. The van der Waals surface area contributed by atoms with Crippen molar-refractivity contribution in [2.45, 2.75) is 12.8 Å². The highest BCUT2D eigenvalue weighted by Gasteiger charge is 2.36. The van der Waals surface area contributed by atoms with Gasteiger partial charge in [-0.15, -0.1) is 0 Å². The summed E-state index contributed by atoms with van der Waals surface area (Å²) in [5.41, 5.74) is 2.46. The molecule has 0 aliphatic carbocycles. The summed E-state index contributed by atoms with van der Waals surface area (Å²) >= 11 is 0. The maximum absolute atomic E-state index is 12.6. The molecule has 2 aromatic carbocycles. The van der Waals surface area contributed by atoms with E-state index in [2.05, 4.69) is 4.90 Å². The number of hydrogen-bond donors (Lipinski definition) is 0. The van der Waals surface area contributed by atoms with Gasteiger partial charge >= 0.3 is 5.97 Å². The molecule has 0 radical (unpaired) electrons. The van der Waals surface area contributed by atoms with Gasteiger partial charge in [-0.3, -0.25) is 14.4 Å². The summed E-state index contributed by atoms with van der Waals surface area (Å²) in [5.74, 6) is -0.760. The molecular formula is C21H20N2O4. The summed E-state index contributed by atoms with van der Waals surface area (Å²) in [6.45, 7) is 1.54. The van der Waals surface area contributed by atoms with E-state index in [1.54, 1.807) is 36.4 Å². The molecule has 2 heterocycles. The lowest BCUT2D eigenvalue weighted by atomic mass is 9.96. The number of amides is 2. The Bertz CT molecular complexity index is 864. The molecule has 0 N–H and O–H groups in total. The Morgan fingerprint density at radius 2 is 1.41 bits per heavy atom. The Labute approximate surface area is 157 Å². The molecule has 2 aliphatic heterocycles. The van der Waals surface area contributed by atoms with E-state index in [0.717, 1.165) is 31.6 Å². The van der Waals surface area contributed by atoms with E-state index in [1.165, 1.54) is 12.0 Å². The first-order chi connectivity index (χ1) is 13.1. The van der Waals surface area contributed by atoms with Crippen LogP contribution in [-0.4, -0.2) is 38.0 Å². The molecule has 0 unspecified atom stereocenters. The van der Waals surface area contributed by atoms with Gasteiger partial charge in [0.2, 0.25) is 0 Å². The lowest BCUT2D eigenvalue weighted by molar-refractivity contribution is -0.146. The third-order valence-electron chi connectivity index (χ3n) is 5.30. The van der Waals surface area contributed by atoms with Crippen molar-refractivity contribution in [3.05, 3.63) is 59.7 Å². The van der Waals surface area contributed by atoms with Gasteiger partial charge in [0.05, 0.1) is 29.8 Å². The second-order valence-electron chi connectivity index (χ2n) is 6.79. The average Bonchev–Trinajstić information content (AvgIpc) is 2.98. The van der Waals surface area contributed by atoms with Crippen LogP contribution < -0.4 is 9.80 Å². The Balaban J connectivity index is 1.49. The van der Waals surface area contributed by atoms with Crippen molar-refractivity contribution in [2.24, 2.45) is 5.92 Å². The smallest absolute Gasteiger partial charge is 0.308 e. The fourth-order valence-electron chi connectivity index (χ4n) is 3.78. The molecule has 6 heteroatoms. The number of carbonyl (C=O) groups excluding carboxylic acids is 3. The van der Waals surface area contributed by atoms with E-state index in [4.69, 9.17) is 4.74 Å². The van der Waals surface area contributed by atoms with Crippen LogP contribution in [0.1, 0.15) is 33.6 Å². The number of nitrogens with zero attached hydrogens (tertiary/aromatic N) is 2. The van der Waals surface area contributed by atoms with Crippen LogP contribution in [0.3, 0.4) is 0 Å². The quantitative estimate of drug-likeness (QED) is 0.619. The van der Waals surface area contributed by atoms with Gasteiger partial charge < -0.3 is 9.64 Å². The van der Waals surface area contributed by atoms with E-state index >= 15 is 0 Å². The highest BCUT2D eigenvalue weighted by molar-refractivity contribution is 6.34. The molecule has 27 heavy (non-hydrogen) atoms. The molecule has 2 aliphatic rings. The maximum Gasteiger partial charge on any atom is 0.308 e. The zero-order valence-electron chi connectivity index (χ0n) is 15.1. The molecule has 0 atom stereocenters. The molecule has 2 aromatic rings. The zero-order chi connectivity index (χ0) is 19.0. The van der Waals surface area contributed by atoms with Crippen molar-refractivity contribution >= 4 is 29.2 Å². The summed E-state index contributed by atoms with van der Waals surface area (Å²) < 4.78 is 4.82. The first-order valence-corrected chi connectivity index (χ1v) is 9.01. The molecule has 4 rings (SSSR count). The van der Waals surface area contributed by atoms with Crippen LogP contribution in [0.2, 0.25) is 0 Å². The number of methoxy groups -OCH3 is 1. The van der Waals surface area contributed by atoms with Crippen LogP contribution in [-0.2, 0) is 9.53 Å². The number of imide groups is 1. The highest BCUT2D eigenvalue weighted by atomic mass is 16.5. The van der Waals surface area contributed by atoms with E-state index < -0.39 is 0 Å². The number of rotatable bonds is 3. The van der Waals surface area contributed by atoms with Crippen molar-refractivity contribution < 1.29 is 19.1 Å². The molecule has 1 fully saturated rings. The largest absolute Gasteiger partial charge is 0.469 e. The van der Waals surface area contributed by atoms with Crippen molar-refractivity contribution in [3.63, 3.8) is 0 Å². The van der Waals surface area contributed by atoms with Gasteiger partial charge in [-0.25, -0.2) is 4.90 Å². The van der Waals surface area contributed by atoms with E-state index in [0.29, 0.717) is 16.8 Å². The summed E-state index contributed by atoms with van der Waals surface area (Å²) in [6.07, 6.45) is 1.51. The van der Waals surface area contributed by atoms with Gasteiger partial charge in [-0.2, -0.15) is 0 Å². The van der Waals surface area contributed by atoms with Crippen LogP contribution in [0, 0.1) is 5.92 Å². The van der Waals surface area contributed by atoms with Gasteiger partial charge in [-0.1, -0.05) is 12.1 Å². The highest BCUT2D eigenvalue weighted by Crippen LogP contribution is 2.31. The molecular weight excluding hydrogens is 344 g/mol. The maximum atomic E-state index is 12.6. The van der Waals surface area contributed by atoms with E-state index in [9.17, 15) is 14.4 Å². The number of ether oxygens (including phenoxy) is 1. The molecule has 0 aromatic heterocycles. The summed E-state index contributed by atoms with van der Waals surface area (Å²) in [5, 5.41) is 0. The lowest BCUT2D eigenvalue weighted by Gasteiger charge is -2.32. The van der Waals surface area contributed by atoms with E-state index in [1.807, 2.05) is 12.1 Å². The van der Waals surface area contributed by atoms with Gasteiger partial charge in [0.25, 0.3) is 11.8 Å². The van der Waals surface area contributed by atoms with Gasteiger partial charge in [0, 0.05) is 18.8 Å². The summed E-state index contributed by atoms with van der Waals surface area (Å²) in [4.78, 5) is 40.2. The standard InChI is InChI=1S/C21H20N2O4/c1-27-21(26)14-10-12-22(13-11-14)15-6-8-16(9-7-15)23-19(24)17-4-2-3-5-18(17)20(23)25/h2-9,14H,10-13H2,1H3. The number of fused-ring (bicyclic) bond motifs is 1. The Hall–Kier alpha value is -3.15. The second-order valence-corrected chi connectivity index (χ2v) is 6.79. The van der Waals surface area contributed by atoms with Crippen molar-refractivity contribution in [2.75, 3.05) is 30.0 Å². The molecule has 6 nitrogen and oxygen atoms in total. The third-order valence-corrected chi connectivity index (χ3v) is 5.30. The van der Waals surface area contributed by atoms with E-state index in [-0.39, 0.29) is 23.7 Å². The number of carbonyl (C=O) groups is 3. The Morgan fingerprint density at radius 3 is 1.93 bits per heavy atom. The molecule has 0 bridgehead atoms. The van der Waals surface area contributed by atoms with Crippen molar-refractivity contribution in [1.29, 1.82) is 0 Å². The molecule has 138 valence electrons. The monoisotopic (exact) mass is 364 g/mol. The van der Waals surface area contributed by atoms with Crippen LogP contribution in [0.15, 0.2) is 48.5 Å². The van der Waals surface area contributed by atoms with Gasteiger partial charge in [0.15, 0.2) is 0 Å². The lowest BCUT2D eigenvalue weighted by Crippen LogP contribution is -2.36. The number of benzene rings is 2. The number of piperidine rings is 1. The topological polar surface area (TPSA) is 66.9 Å². The van der Waals surface area contributed by atoms with Crippen LogP contribution in [0.25, 0.3) is 0 Å². The fraction of sp³-hybridized carbons (Fsp3) is 0.286. The van der Waals surface area contributed by atoms with Crippen LogP contribution in [0.5, 0.6) is 0 Å². The number of anilines is 2. The summed E-state index contributed by atoms with van der Waals surface area (Å²) in [6, 6.07) is 14.3. The second kappa shape index (κ2) is 6.87. The van der Waals surface area contributed by atoms with Crippen molar-refractivity contribution in [3.8, 4) is 0 Å². The predicted molar refractivity (Wildman–Crippen MR) is 101 cm³/mol. The number of hydrogen-bond acceptors (Lipinski definition) is 5. The SMILES string of the molecule is COC(=O)C1CCN(c2ccc(N3C(=O)c4ccccc4C3=O)cc2)CC1. The molecule has 1 saturated heterocycles. The summed E-state index contributed by atoms with van der Waals surface area (Å²) in [7, 11) is 1.42. The Kier molecular flexibility index (Phi) is 4.39. The minimum Gasteiger partial charge on any atom is -0.469 e. The van der Waals surface area contributed by atoms with Gasteiger partial charge in [-0.05, 0) is 49.2 Å². The minimum atomic E-state index is -0.290. The first-order valence-electron chi connectivity index (χ1n) is 9.01. The normalized spacial score (nSPS) is 17.2. The van der Waals surface area contributed by atoms with Crippen molar-refractivity contribution in [1.82, 2.24) is 0 Å². The Morgan fingerprint density at radius 1 is 0.889 bits per heavy atom. The third kappa shape index (κ3) is 2.97. The van der Waals surface area contributed by atoms with Crippen LogP contribution in [0.4, 0.5) is 11.4 Å².